The summed E-state index contributed by atoms with van der Waals surface area (Å²) in [6.07, 6.45) is 8.95. The lowest BCUT2D eigenvalue weighted by Gasteiger charge is -2.24. The maximum Gasteiger partial charge on any atom is 0.267 e. The number of aryl methyl sites for hydroxylation is 1. The van der Waals surface area contributed by atoms with Gasteiger partial charge >= 0.3 is 0 Å². The van der Waals surface area contributed by atoms with Gasteiger partial charge in [-0.3, -0.25) is 18.9 Å². The molecule has 0 radical (unpaired) electrons. The van der Waals surface area contributed by atoms with Crippen LogP contribution in [0, 0.1) is 6.92 Å². The molecule has 0 atom stereocenters. The Morgan fingerprint density at radius 1 is 1.16 bits per heavy atom. The average Bonchev–Trinajstić information content (AvgIpc) is 3.47. The number of nitrogens with one attached hydrogen (secondary N) is 1. The normalized spacial score (nSPS) is 18.8. The third-order valence-electron chi connectivity index (χ3n) is 6.96. The predicted octanol–water partition coefficient (Wildman–Crippen LogP) is 4.88. The molecule has 190 valence electrons. The number of carbonyl (C=O) groups is 1. The van der Waals surface area contributed by atoms with E-state index in [4.69, 9.17) is 26.7 Å². The Bertz CT molecular complexity index is 1510. The number of pyridine rings is 1. The van der Waals surface area contributed by atoms with Crippen LogP contribution in [0.2, 0.25) is 0 Å². The molecule has 2 fully saturated rings. The summed E-state index contributed by atoms with van der Waals surface area (Å²) in [6.45, 7) is 2.43. The molecule has 1 aromatic carbocycles. The van der Waals surface area contributed by atoms with Crippen LogP contribution in [0.1, 0.15) is 48.8 Å². The van der Waals surface area contributed by atoms with Crippen molar-refractivity contribution in [2.24, 2.45) is 0 Å². The monoisotopic (exact) mass is 534 g/mol. The van der Waals surface area contributed by atoms with Gasteiger partial charge < -0.3 is 14.8 Å². The molecule has 1 amide bonds. The van der Waals surface area contributed by atoms with Gasteiger partial charge in [0, 0.05) is 12.2 Å². The van der Waals surface area contributed by atoms with Gasteiger partial charge in [0.05, 0.1) is 17.0 Å². The predicted molar refractivity (Wildman–Crippen MR) is 148 cm³/mol. The fourth-order valence-electron chi connectivity index (χ4n) is 4.98. The molecular weight excluding hydrogens is 508 g/mol. The van der Waals surface area contributed by atoms with E-state index in [1.807, 2.05) is 37.3 Å². The number of hydrogen-bond acceptors (Lipinski definition) is 8. The largest absolute Gasteiger partial charge is 0.454 e. The smallest absolute Gasteiger partial charge is 0.267 e. The number of thioether (sulfide) groups is 1. The first kappa shape index (κ1) is 24.0. The average molecular weight is 535 g/mol. The van der Waals surface area contributed by atoms with Gasteiger partial charge in [0.15, 0.2) is 11.5 Å². The standard InChI is InChI=1S/C27H26N4O4S2/c1-16-6-5-11-30-24(16)29-23(28-18-7-3-2-4-8-18)19(25(30)32)13-22-26(33)31(27(36)37-22)14-17-9-10-20-21(12-17)35-15-34-20/h5-6,9-13,18,28H,2-4,7-8,14-15H2,1H3. The van der Waals surface area contributed by atoms with Crippen LogP contribution in [0.5, 0.6) is 11.5 Å². The van der Waals surface area contributed by atoms with E-state index in [1.165, 1.54) is 18.2 Å². The fraction of sp³-hybridized carbons (Fsp3) is 0.333. The van der Waals surface area contributed by atoms with Crippen LogP contribution in [-0.2, 0) is 11.3 Å². The molecule has 3 aliphatic rings. The van der Waals surface area contributed by atoms with Crippen LogP contribution in [0.4, 0.5) is 5.82 Å². The molecule has 1 saturated carbocycles. The number of benzene rings is 1. The summed E-state index contributed by atoms with van der Waals surface area (Å²) < 4.78 is 12.8. The van der Waals surface area contributed by atoms with Crippen molar-refractivity contribution in [1.82, 2.24) is 14.3 Å². The van der Waals surface area contributed by atoms with Crippen LogP contribution in [-0.4, -0.2) is 37.3 Å². The lowest BCUT2D eigenvalue weighted by Crippen LogP contribution is -2.28. The molecule has 6 rings (SSSR count). The van der Waals surface area contributed by atoms with E-state index in [0.29, 0.717) is 44.3 Å². The van der Waals surface area contributed by atoms with Gasteiger partial charge in [-0.05, 0) is 55.2 Å². The van der Waals surface area contributed by atoms with E-state index in [0.717, 1.165) is 36.8 Å². The number of aromatic nitrogens is 2. The second-order valence-corrected chi connectivity index (χ2v) is 11.2. The molecule has 1 saturated heterocycles. The Morgan fingerprint density at radius 3 is 2.81 bits per heavy atom. The quantitative estimate of drug-likeness (QED) is 0.366. The second kappa shape index (κ2) is 9.83. The Morgan fingerprint density at radius 2 is 1.97 bits per heavy atom. The summed E-state index contributed by atoms with van der Waals surface area (Å²) in [5.41, 5.74) is 2.56. The molecule has 10 heteroatoms. The molecule has 37 heavy (non-hydrogen) atoms. The minimum atomic E-state index is -0.231. The molecule has 2 aliphatic heterocycles. The third kappa shape index (κ3) is 4.59. The van der Waals surface area contributed by atoms with E-state index in [-0.39, 0.29) is 24.3 Å². The first-order valence-electron chi connectivity index (χ1n) is 12.4. The van der Waals surface area contributed by atoms with Gasteiger partial charge in [0.1, 0.15) is 15.8 Å². The Hall–Kier alpha value is -3.37. The summed E-state index contributed by atoms with van der Waals surface area (Å²) in [5, 5.41) is 3.52. The van der Waals surface area contributed by atoms with Crippen molar-refractivity contribution in [3.05, 3.63) is 68.5 Å². The first-order chi connectivity index (χ1) is 18.0. The van der Waals surface area contributed by atoms with Crippen LogP contribution >= 0.6 is 24.0 Å². The highest BCUT2D eigenvalue weighted by molar-refractivity contribution is 8.26. The maximum atomic E-state index is 13.6. The number of rotatable bonds is 5. The van der Waals surface area contributed by atoms with Crippen molar-refractivity contribution >= 4 is 51.7 Å². The number of nitrogens with zero attached hydrogens (tertiary/aromatic N) is 3. The van der Waals surface area contributed by atoms with Crippen molar-refractivity contribution in [1.29, 1.82) is 0 Å². The molecule has 4 heterocycles. The van der Waals surface area contributed by atoms with E-state index >= 15 is 0 Å². The summed E-state index contributed by atoms with van der Waals surface area (Å²) >= 11 is 6.76. The van der Waals surface area contributed by atoms with Gasteiger partial charge in [-0.15, -0.1) is 0 Å². The maximum absolute atomic E-state index is 13.6. The highest BCUT2D eigenvalue weighted by Gasteiger charge is 2.33. The van der Waals surface area contributed by atoms with Crippen LogP contribution in [0.15, 0.2) is 46.2 Å². The Kier molecular flexibility index (Phi) is 6.37. The fourth-order valence-corrected chi connectivity index (χ4v) is 6.22. The van der Waals surface area contributed by atoms with Gasteiger partial charge in [-0.2, -0.15) is 0 Å². The van der Waals surface area contributed by atoms with Crippen molar-refractivity contribution in [3.8, 4) is 11.5 Å². The van der Waals surface area contributed by atoms with Gasteiger partial charge in [0.2, 0.25) is 6.79 Å². The Balaban J connectivity index is 1.35. The van der Waals surface area contributed by atoms with Crippen LogP contribution < -0.4 is 20.3 Å². The molecule has 8 nitrogen and oxygen atoms in total. The second-order valence-electron chi connectivity index (χ2n) is 9.50. The third-order valence-corrected chi connectivity index (χ3v) is 8.33. The van der Waals surface area contributed by atoms with E-state index in [2.05, 4.69) is 5.32 Å². The number of thiocarbonyl (C=S) groups is 1. The zero-order valence-corrected chi connectivity index (χ0v) is 22.0. The molecule has 1 aliphatic carbocycles. The van der Waals surface area contributed by atoms with Crippen LogP contribution in [0.3, 0.4) is 0 Å². The van der Waals surface area contributed by atoms with Gasteiger partial charge in [0.25, 0.3) is 11.5 Å². The lowest BCUT2D eigenvalue weighted by atomic mass is 9.95. The van der Waals surface area contributed by atoms with Gasteiger partial charge in [-0.25, -0.2) is 4.98 Å². The van der Waals surface area contributed by atoms with Crippen molar-refractivity contribution < 1.29 is 14.3 Å². The number of fused-ring (bicyclic) bond motifs is 2. The SMILES string of the molecule is Cc1cccn2c(=O)c(C=C3SC(=S)N(Cc4ccc5c(c4)OCO5)C3=O)c(NC3CCCCC3)nc12. The summed E-state index contributed by atoms with van der Waals surface area (Å²) in [6, 6.07) is 9.60. The minimum absolute atomic E-state index is 0.189. The molecule has 0 spiro atoms. The Labute approximate surface area is 223 Å². The lowest BCUT2D eigenvalue weighted by molar-refractivity contribution is -0.122. The zero-order valence-electron chi connectivity index (χ0n) is 20.4. The van der Waals surface area contributed by atoms with Crippen molar-refractivity contribution in [3.63, 3.8) is 0 Å². The van der Waals surface area contributed by atoms with Gasteiger partial charge in [-0.1, -0.05) is 55.4 Å². The number of hydrogen-bond donors (Lipinski definition) is 1. The van der Waals surface area contributed by atoms with E-state index in [1.54, 1.807) is 21.6 Å². The number of carbonyl (C=O) groups excluding carboxylic acids is 1. The number of anilines is 1. The highest BCUT2D eigenvalue weighted by Crippen LogP contribution is 2.37. The molecule has 3 aromatic rings. The minimum Gasteiger partial charge on any atom is -0.454 e. The van der Waals surface area contributed by atoms with E-state index in [9.17, 15) is 9.59 Å². The first-order valence-corrected chi connectivity index (χ1v) is 13.6. The topological polar surface area (TPSA) is 85.2 Å². The summed E-state index contributed by atoms with van der Waals surface area (Å²) in [7, 11) is 0. The van der Waals surface area contributed by atoms with Crippen LogP contribution in [0.25, 0.3) is 11.7 Å². The number of ether oxygens (including phenoxy) is 2. The molecule has 0 bridgehead atoms. The summed E-state index contributed by atoms with van der Waals surface area (Å²) in [5.74, 6) is 1.63. The number of amides is 1. The van der Waals surface area contributed by atoms with Crippen molar-refractivity contribution in [2.75, 3.05) is 12.1 Å². The molecule has 2 aromatic heterocycles. The highest BCUT2D eigenvalue weighted by atomic mass is 32.2. The molecule has 0 unspecified atom stereocenters. The molecular formula is C27H26N4O4S2. The van der Waals surface area contributed by atoms with E-state index < -0.39 is 0 Å². The zero-order chi connectivity index (χ0) is 25.5. The molecule has 1 N–H and O–H groups in total. The summed E-state index contributed by atoms with van der Waals surface area (Å²) in [4.78, 5) is 33.9. The van der Waals surface area contributed by atoms with Crippen molar-refractivity contribution in [2.45, 2.75) is 51.6 Å².